The number of carbonyl (C=O) groups excluding carboxylic acids is 2. The lowest BCUT2D eigenvalue weighted by Gasteiger charge is -2.38. The van der Waals surface area contributed by atoms with Crippen molar-refractivity contribution in [2.24, 2.45) is 0 Å². The molecule has 0 radical (unpaired) electrons. The SMILES string of the molecule is CCN1C(=O)c2c(cccc2C(F)(F)F)[C@H]2CN(C(=O)OC(C)(C)C)C[C@H]21. The number of rotatable bonds is 1. The quantitative estimate of drug-likeness (QED) is 0.738. The van der Waals surface area contributed by atoms with Gasteiger partial charge in [-0.3, -0.25) is 4.79 Å². The standard InChI is InChI=1S/C19H23F3N2O3/c1-5-24-14-10-23(17(26)27-18(2,3)4)9-12(14)11-7-6-8-13(19(20,21)22)15(11)16(24)25/h6-8,12,14H,5,9-10H2,1-4H3/t12-,14-/m1/s1. The Labute approximate surface area is 156 Å². The van der Waals surface area contributed by atoms with Crippen molar-refractivity contribution < 1.29 is 27.5 Å². The summed E-state index contributed by atoms with van der Waals surface area (Å²) in [6, 6.07) is 3.46. The minimum Gasteiger partial charge on any atom is -0.444 e. The molecule has 2 aliphatic heterocycles. The summed E-state index contributed by atoms with van der Waals surface area (Å²) >= 11 is 0. The van der Waals surface area contributed by atoms with E-state index in [-0.39, 0.29) is 37.2 Å². The minimum atomic E-state index is -4.61. The van der Waals surface area contributed by atoms with Crippen molar-refractivity contribution in [3.8, 4) is 0 Å². The van der Waals surface area contributed by atoms with E-state index in [0.717, 1.165) is 6.07 Å². The van der Waals surface area contributed by atoms with Crippen LogP contribution in [0.5, 0.6) is 0 Å². The van der Waals surface area contributed by atoms with E-state index in [2.05, 4.69) is 0 Å². The lowest BCUT2D eigenvalue weighted by Crippen LogP contribution is -2.49. The van der Waals surface area contributed by atoms with Crippen LogP contribution in [0.2, 0.25) is 0 Å². The summed E-state index contributed by atoms with van der Waals surface area (Å²) < 4.78 is 45.8. The van der Waals surface area contributed by atoms with Crippen LogP contribution in [0.15, 0.2) is 18.2 Å². The van der Waals surface area contributed by atoms with Gasteiger partial charge in [0.2, 0.25) is 0 Å². The summed E-state index contributed by atoms with van der Waals surface area (Å²) in [6.45, 7) is 7.72. The molecule has 0 saturated carbocycles. The summed E-state index contributed by atoms with van der Waals surface area (Å²) in [7, 11) is 0. The first-order valence-corrected chi connectivity index (χ1v) is 8.93. The van der Waals surface area contributed by atoms with E-state index in [1.165, 1.54) is 15.9 Å². The average Bonchev–Trinajstić information content (AvgIpc) is 2.98. The third kappa shape index (κ3) is 3.49. The molecule has 0 bridgehead atoms. The van der Waals surface area contributed by atoms with Gasteiger partial charge in [-0.2, -0.15) is 13.2 Å². The van der Waals surface area contributed by atoms with E-state index in [0.29, 0.717) is 5.56 Å². The van der Waals surface area contributed by atoms with Crippen LogP contribution in [0.4, 0.5) is 18.0 Å². The van der Waals surface area contributed by atoms with Crippen molar-refractivity contribution in [1.29, 1.82) is 0 Å². The van der Waals surface area contributed by atoms with Gasteiger partial charge in [0, 0.05) is 25.6 Å². The summed E-state index contributed by atoms with van der Waals surface area (Å²) in [5.74, 6) is -1.000. The van der Waals surface area contributed by atoms with Crippen LogP contribution < -0.4 is 0 Å². The predicted molar refractivity (Wildman–Crippen MR) is 92.5 cm³/mol. The Balaban J connectivity index is 2.01. The highest BCUT2D eigenvalue weighted by Gasteiger charge is 2.49. The largest absolute Gasteiger partial charge is 0.444 e. The van der Waals surface area contributed by atoms with Crippen molar-refractivity contribution >= 4 is 12.0 Å². The Bertz CT molecular complexity index is 770. The molecule has 3 rings (SSSR count). The van der Waals surface area contributed by atoms with Crippen molar-refractivity contribution in [1.82, 2.24) is 9.80 Å². The summed E-state index contributed by atoms with van der Waals surface area (Å²) in [5.41, 5.74) is -1.53. The number of nitrogens with zero attached hydrogens (tertiary/aromatic N) is 2. The smallest absolute Gasteiger partial charge is 0.417 e. The van der Waals surface area contributed by atoms with E-state index < -0.39 is 29.3 Å². The molecular formula is C19H23F3N2O3. The zero-order valence-electron chi connectivity index (χ0n) is 15.8. The van der Waals surface area contributed by atoms with Crippen LogP contribution in [-0.2, 0) is 10.9 Å². The average molecular weight is 384 g/mol. The highest BCUT2D eigenvalue weighted by molar-refractivity contribution is 5.99. The number of alkyl halides is 3. The number of halogens is 3. The van der Waals surface area contributed by atoms with Gasteiger partial charge in [-0.1, -0.05) is 12.1 Å². The molecule has 27 heavy (non-hydrogen) atoms. The summed E-state index contributed by atoms with van der Waals surface area (Å²) in [4.78, 5) is 28.2. The van der Waals surface area contributed by atoms with Gasteiger partial charge in [-0.15, -0.1) is 0 Å². The number of fused-ring (bicyclic) bond motifs is 3. The van der Waals surface area contributed by atoms with E-state index in [1.54, 1.807) is 33.8 Å². The van der Waals surface area contributed by atoms with Gasteiger partial charge in [0.15, 0.2) is 0 Å². The highest BCUT2D eigenvalue weighted by Crippen LogP contribution is 2.43. The summed E-state index contributed by atoms with van der Waals surface area (Å²) in [6.07, 6.45) is -5.13. The fourth-order valence-electron chi connectivity index (χ4n) is 3.91. The second-order valence-electron chi connectivity index (χ2n) is 7.92. The Morgan fingerprint density at radius 3 is 2.44 bits per heavy atom. The predicted octanol–water partition coefficient (Wildman–Crippen LogP) is 3.88. The molecule has 0 aromatic heterocycles. The molecule has 1 fully saturated rings. The third-order valence-electron chi connectivity index (χ3n) is 4.96. The zero-order chi connectivity index (χ0) is 20.1. The molecule has 0 spiro atoms. The van der Waals surface area contributed by atoms with Gasteiger partial charge in [-0.05, 0) is 39.3 Å². The Morgan fingerprint density at radius 2 is 1.89 bits per heavy atom. The maximum absolute atomic E-state index is 13.5. The number of likely N-dealkylation sites (N-methyl/N-ethyl adjacent to an activating group) is 1. The normalized spacial score (nSPS) is 22.6. The van der Waals surface area contributed by atoms with Crippen molar-refractivity contribution in [3.63, 3.8) is 0 Å². The van der Waals surface area contributed by atoms with Crippen molar-refractivity contribution in [3.05, 3.63) is 34.9 Å². The van der Waals surface area contributed by atoms with E-state index in [4.69, 9.17) is 4.74 Å². The van der Waals surface area contributed by atoms with Crippen LogP contribution in [0, 0.1) is 0 Å². The minimum absolute atomic E-state index is 0.220. The van der Waals surface area contributed by atoms with Gasteiger partial charge in [0.05, 0.1) is 17.2 Å². The van der Waals surface area contributed by atoms with Crippen LogP contribution in [0.3, 0.4) is 0 Å². The maximum Gasteiger partial charge on any atom is 0.417 e. The summed E-state index contributed by atoms with van der Waals surface area (Å²) in [5, 5.41) is 0. The molecule has 8 heteroatoms. The van der Waals surface area contributed by atoms with E-state index in [9.17, 15) is 22.8 Å². The van der Waals surface area contributed by atoms with Gasteiger partial charge in [0.1, 0.15) is 5.60 Å². The van der Waals surface area contributed by atoms with E-state index in [1.807, 2.05) is 0 Å². The zero-order valence-corrected chi connectivity index (χ0v) is 15.8. The number of ether oxygens (including phenoxy) is 1. The molecule has 5 nitrogen and oxygen atoms in total. The lowest BCUT2D eigenvalue weighted by molar-refractivity contribution is -0.138. The fourth-order valence-corrected chi connectivity index (χ4v) is 3.91. The number of carbonyl (C=O) groups is 2. The molecule has 148 valence electrons. The Morgan fingerprint density at radius 1 is 1.22 bits per heavy atom. The molecule has 0 unspecified atom stereocenters. The van der Waals surface area contributed by atoms with Crippen molar-refractivity contribution in [2.45, 2.75) is 51.4 Å². The van der Waals surface area contributed by atoms with E-state index >= 15 is 0 Å². The van der Waals surface area contributed by atoms with Gasteiger partial charge < -0.3 is 14.5 Å². The van der Waals surface area contributed by atoms with Crippen LogP contribution >= 0.6 is 0 Å². The van der Waals surface area contributed by atoms with Crippen molar-refractivity contribution in [2.75, 3.05) is 19.6 Å². The Hall–Kier alpha value is -2.25. The van der Waals surface area contributed by atoms with Gasteiger partial charge >= 0.3 is 12.3 Å². The number of amides is 2. The molecule has 2 atom stereocenters. The molecule has 2 amide bonds. The van der Waals surface area contributed by atoms with Crippen LogP contribution in [0.25, 0.3) is 0 Å². The Kier molecular flexibility index (Phi) is 4.64. The highest BCUT2D eigenvalue weighted by atomic mass is 19.4. The fraction of sp³-hybridized carbons (Fsp3) is 0.579. The number of benzene rings is 1. The first-order valence-electron chi connectivity index (χ1n) is 8.93. The molecule has 1 aromatic rings. The second-order valence-corrected chi connectivity index (χ2v) is 7.92. The number of hydrogen-bond acceptors (Lipinski definition) is 3. The van der Waals surface area contributed by atoms with Gasteiger partial charge in [0.25, 0.3) is 5.91 Å². The van der Waals surface area contributed by atoms with Crippen LogP contribution in [-0.4, -0.2) is 53.1 Å². The maximum atomic E-state index is 13.5. The first kappa shape index (κ1) is 19.5. The molecular weight excluding hydrogens is 361 g/mol. The molecule has 0 N–H and O–H groups in total. The number of hydrogen-bond donors (Lipinski definition) is 0. The molecule has 2 heterocycles. The second kappa shape index (κ2) is 6.42. The number of likely N-dealkylation sites (tertiary alicyclic amines) is 1. The lowest BCUT2D eigenvalue weighted by atomic mass is 9.82. The molecule has 2 aliphatic rings. The monoisotopic (exact) mass is 384 g/mol. The molecule has 0 aliphatic carbocycles. The van der Waals surface area contributed by atoms with Crippen LogP contribution in [0.1, 0.15) is 55.1 Å². The first-order chi connectivity index (χ1) is 12.4. The topological polar surface area (TPSA) is 49.9 Å². The third-order valence-corrected chi connectivity index (χ3v) is 4.96. The van der Waals surface area contributed by atoms with Gasteiger partial charge in [-0.25, -0.2) is 4.79 Å². The molecule has 1 aromatic carbocycles. The molecule has 1 saturated heterocycles.